The van der Waals surface area contributed by atoms with Gasteiger partial charge in [0.1, 0.15) is 5.75 Å². The molecule has 1 atom stereocenters. The normalized spacial score (nSPS) is 12.7. The number of likely N-dealkylation sites (N-methyl/N-ethyl adjacent to an activating group) is 1. The molecule has 0 aliphatic rings. The average molecular weight is 295 g/mol. The van der Waals surface area contributed by atoms with Gasteiger partial charge in [-0.1, -0.05) is 26.8 Å². The van der Waals surface area contributed by atoms with Gasteiger partial charge in [-0.15, -0.1) is 0 Å². The second-order valence-electron chi connectivity index (χ2n) is 5.14. The van der Waals surface area contributed by atoms with Gasteiger partial charge >= 0.3 is 0 Å². The molecule has 1 rings (SSSR count). The monoisotopic (exact) mass is 295 g/mol. The minimum Gasteiger partial charge on any atom is -0.493 e. The summed E-state index contributed by atoms with van der Waals surface area (Å²) >= 11 is 0. The van der Waals surface area contributed by atoms with Gasteiger partial charge in [-0.05, 0) is 44.1 Å². The fourth-order valence-electron chi connectivity index (χ4n) is 2.11. The molecule has 0 aliphatic heterocycles. The van der Waals surface area contributed by atoms with E-state index in [4.69, 9.17) is 9.47 Å². The highest BCUT2D eigenvalue weighted by Crippen LogP contribution is 2.27. The van der Waals surface area contributed by atoms with Crippen LogP contribution >= 0.6 is 0 Å². The molecule has 0 amide bonds. The second-order valence-corrected chi connectivity index (χ2v) is 5.14. The predicted molar refractivity (Wildman–Crippen MR) is 85.7 cm³/mol. The van der Waals surface area contributed by atoms with Crippen LogP contribution in [-0.2, 0) is 4.74 Å². The van der Waals surface area contributed by atoms with E-state index in [0.717, 1.165) is 31.6 Å². The van der Waals surface area contributed by atoms with E-state index in [1.54, 1.807) is 0 Å². The van der Waals surface area contributed by atoms with Gasteiger partial charge in [0.05, 0.1) is 13.2 Å². The number of nitrogens with zero attached hydrogens (tertiary/aromatic N) is 1. The van der Waals surface area contributed by atoms with E-state index >= 15 is 0 Å². The molecule has 1 aromatic rings. The van der Waals surface area contributed by atoms with Crippen molar-refractivity contribution in [1.29, 1.82) is 0 Å². The van der Waals surface area contributed by atoms with Gasteiger partial charge in [0.2, 0.25) is 0 Å². The highest BCUT2D eigenvalue weighted by atomic mass is 16.6. The molecule has 0 aromatic heterocycles. The Hall–Kier alpha value is -1.10. The van der Waals surface area contributed by atoms with Crippen molar-refractivity contribution >= 4 is 0 Å². The first kappa shape index (κ1) is 18.0. The van der Waals surface area contributed by atoms with Crippen LogP contribution in [-0.4, -0.2) is 42.9 Å². The third-order valence-corrected chi connectivity index (χ3v) is 3.47. The predicted octanol–water partition coefficient (Wildman–Crippen LogP) is 3.13. The van der Waals surface area contributed by atoms with Crippen LogP contribution in [0.2, 0.25) is 0 Å². The summed E-state index contributed by atoms with van der Waals surface area (Å²) in [6.45, 7) is 12.3. The largest absolute Gasteiger partial charge is 0.493 e. The van der Waals surface area contributed by atoms with Crippen LogP contribution in [0, 0.1) is 6.92 Å². The van der Waals surface area contributed by atoms with Crippen LogP contribution in [0.4, 0.5) is 0 Å². The lowest BCUT2D eigenvalue weighted by Gasteiger charge is -2.21. The van der Waals surface area contributed by atoms with Crippen molar-refractivity contribution in [3.8, 4) is 5.75 Å². The number of hydrogen-bond acceptors (Lipinski definition) is 4. The Labute approximate surface area is 128 Å². The maximum atomic E-state index is 10.2. The minimum absolute atomic E-state index is 0.504. The highest BCUT2D eigenvalue weighted by molar-refractivity contribution is 5.37. The molecule has 0 aliphatic carbocycles. The molecular formula is C17H29NO3. The summed E-state index contributed by atoms with van der Waals surface area (Å²) in [7, 11) is 0. The molecule has 4 nitrogen and oxygen atoms in total. The Morgan fingerprint density at radius 3 is 2.48 bits per heavy atom. The van der Waals surface area contributed by atoms with Gasteiger partial charge in [0.25, 0.3) is 0 Å². The van der Waals surface area contributed by atoms with Crippen molar-refractivity contribution in [3.05, 3.63) is 29.3 Å². The van der Waals surface area contributed by atoms with Crippen LogP contribution in [0.1, 0.15) is 44.6 Å². The first-order valence-corrected chi connectivity index (χ1v) is 7.87. The third kappa shape index (κ3) is 6.04. The Morgan fingerprint density at radius 1 is 1.14 bits per heavy atom. The van der Waals surface area contributed by atoms with Crippen LogP contribution in [0.3, 0.4) is 0 Å². The number of aliphatic hydroxyl groups is 1. The lowest BCUT2D eigenvalue weighted by atomic mass is 10.1. The number of benzene rings is 1. The van der Waals surface area contributed by atoms with Crippen molar-refractivity contribution in [1.82, 2.24) is 4.90 Å². The topological polar surface area (TPSA) is 41.9 Å². The molecule has 1 aromatic carbocycles. The molecule has 0 saturated carbocycles. The number of aryl methyl sites for hydroxylation is 1. The van der Waals surface area contributed by atoms with Crippen LogP contribution in [0.5, 0.6) is 5.75 Å². The fraction of sp³-hybridized carbons (Fsp3) is 0.647. The molecular weight excluding hydrogens is 266 g/mol. The molecule has 0 bridgehead atoms. The van der Waals surface area contributed by atoms with Crippen LogP contribution < -0.4 is 4.74 Å². The molecule has 0 saturated heterocycles. The summed E-state index contributed by atoms with van der Waals surface area (Å²) < 4.78 is 11.3. The van der Waals surface area contributed by atoms with Gasteiger partial charge in [0, 0.05) is 12.1 Å². The minimum atomic E-state index is -0.937. The van der Waals surface area contributed by atoms with Gasteiger partial charge in [-0.25, -0.2) is 0 Å². The lowest BCUT2D eigenvalue weighted by Crippen LogP contribution is -2.27. The summed E-state index contributed by atoms with van der Waals surface area (Å²) in [4.78, 5) is 2.26. The van der Waals surface area contributed by atoms with Gasteiger partial charge in [0.15, 0.2) is 6.29 Å². The van der Waals surface area contributed by atoms with E-state index in [2.05, 4.69) is 25.7 Å². The summed E-state index contributed by atoms with van der Waals surface area (Å²) in [6, 6.07) is 5.79. The summed E-state index contributed by atoms with van der Waals surface area (Å²) in [6.07, 6.45) is -0.000220. The zero-order valence-corrected chi connectivity index (χ0v) is 13.8. The second kappa shape index (κ2) is 9.77. The number of rotatable bonds is 10. The van der Waals surface area contributed by atoms with E-state index < -0.39 is 6.29 Å². The molecule has 1 unspecified atom stereocenters. The maximum absolute atomic E-state index is 10.2. The van der Waals surface area contributed by atoms with Crippen molar-refractivity contribution in [2.24, 2.45) is 0 Å². The molecule has 0 radical (unpaired) electrons. The van der Waals surface area contributed by atoms with E-state index in [9.17, 15) is 5.11 Å². The molecule has 120 valence electrons. The number of aliphatic hydroxyl groups excluding tert-OH is 1. The van der Waals surface area contributed by atoms with E-state index in [0.29, 0.717) is 24.5 Å². The van der Waals surface area contributed by atoms with Crippen molar-refractivity contribution < 1.29 is 14.6 Å². The van der Waals surface area contributed by atoms with Gasteiger partial charge < -0.3 is 19.5 Å². The Bertz CT molecular complexity index is 405. The SMILES string of the molecule is CCCOc1cc(C)ccc1C(O)OCCN(CC)CC. The van der Waals surface area contributed by atoms with Crippen molar-refractivity contribution in [2.45, 2.75) is 40.4 Å². The Morgan fingerprint density at radius 2 is 1.86 bits per heavy atom. The highest BCUT2D eigenvalue weighted by Gasteiger charge is 2.14. The first-order valence-electron chi connectivity index (χ1n) is 7.87. The van der Waals surface area contributed by atoms with E-state index in [1.807, 2.05) is 25.1 Å². The standard InChI is InChI=1S/C17H29NO3/c1-5-11-20-16-13-14(4)8-9-15(16)17(19)21-12-10-18(6-2)7-3/h8-9,13,17,19H,5-7,10-12H2,1-4H3. The van der Waals surface area contributed by atoms with Crippen molar-refractivity contribution in [3.63, 3.8) is 0 Å². The van der Waals surface area contributed by atoms with E-state index in [-0.39, 0.29) is 0 Å². The molecule has 1 N–H and O–H groups in total. The third-order valence-electron chi connectivity index (χ3n) is 3.47. The molecule has 0 heterocycles. The molecule has 0 fully saturated rings. The summed E-state index contributed by atoms with van der Waals surface area (Å²) in [5.74, 6) is 0.715. The number of hydrogen-bond donors (Lipinski definition) is 1. The summed E-state index contributed by atoms with van der Waals surface area (Å²) in [5, 5.41) is 10.2. The van der Waals surface area contributed by atoms with Crippen LogP contribution in [0.25, 0.3) is 0 Å². The smallest absolute Gasteiger partial charge is 0.184 e. The zero-order valence-electron chi connectivity index (χ0n) is 13.8. The molecule has 21 heavy (non-hydrogen) atoms. The molecule has 4 heteroatoms. The average Bonchev–Trinajstić information content (AvgIpc) is 2.49. The molecule has 0 spiro atoms. The Balaban J connectivity index is 2.61. The van der Waals surface area contributed by atoms with Gasteiger partial charge in [-0.3, -0.25) is 0 Å². The van der Waals surface area contributed by atoms with Gasteiger partial charge in [-0.2, -0.15) is 0 Å². The van der Waals surface area contributed by atoms with Crippen molar-refractivity contribution in [2.75, 3.05) is 32.8 Å². The first-order chi connectivity index (χ1) is 10.1. The zero-order chi connectivity index (χ0) is 15.7. The van der Waals surface area contributed by atoms with E-state index in [1.165, 1.54) is 0 Å². The summed E-state index contributed by atoms with van der Waals surface area (Å²) in [5.41, 5.74) is 1.81. The number of ether oxygens (including phenoxy) is 2. The quantitative estimate of drug-likeness (QED) is 0.673. The fourth-order valence-corrected chi connectivity index (χ4v) is 2.11. The lowest BCUT2D eigenvalue weighted by molar-refractivity contribution is -0.107. The maximum Gasteiger partial charge on any atom is 0.184 e. The Kier molecular flexibility index (Phi) is 8.35. The van der Waals surface area contributed by atoms with Crippen LogP contribution in [0.15, 0.2) is 18.2 Å².